The van der Waals surface area contributed by atoms with Crippen LogP contribution in [-0.2, 0) is 11.2 Å². The number of amides is 1. The largest absolute Gasteiger partial charge is 0.396 e. The third kappa shape index (κ3) is 5.77. The first-order chi connectivity index (χ1) is 8.74. The summed E-state index contributed by atoms with van der Waals surface area (Å²) in [5.41, 5.74) is 1.89. The zero-order valence-corrected chi connectivity index (χ0v) is 11.0. The van der Waals surface area contributed by atoms with E-state index < -0.39 is 0 Å². The average Bonchev–Trinajstić information content (AvgIpc) is 2.36. The maximum absolute atomic E-state index is 11.7. The minimum absolute atomic E-state index is 0.0268. The van der Waals surface area contributed by atoms with Crippen LogP contribution in [-0.4, -0.2) is 29.1 Å². The molecule has 1 amide bonds. The van der Waals surface area contributed by atoms with E-state index in [1.165, 1.54) is 0 Å². The molecule has 0 aromatic carbocycles. The number of aryl methyl sites for hydroxylation is 1. The fourth-order valence-electron chi connectivity index (χ4n) is 1.74. The van der Waals surface area contributed by atoms with Gasteiger partial charge in [0, 0.05) is 19.3 Å². The van der Waals surface area contributed by atoms with Gasteiger partial charge in [0.15, 0.2) is 0 Å². The molecule has 0 unspecified atom stereocenters. The van der Waals surface area contributed by atoms with Gasteiger partial charge in [0.2, 0.25) is 5.91 Å². The highest BCUT2D eigenvalue weighted by molar-refractivity contribution is 5.78. The lowest BCUT2D eigenvalue weighted by molar-refractivity contribution is -0.120. The van der Waals surface area contributed by atoms with E-state index in [1.807, 2.05) is 19.1 Å². The third-order valence-corrected chi connectivity index (χ3v) is 2.85. The molecule has 0 bridgehead atoms. The molecule has 0 fully saturated rings. The zero-order valence-electron chi connectivity index (χ0n) is 11.0. The van der Waals surface area contributed by atoms with Gasteiger partial charge in [-0.25, -0.2) is 0 Å². The number of carbonyl (C=O) groups excluding carboxylic acids is 1. The van der Waals surface area contributed by atoms with Crippen molar-refractivity contribution < 1.29 is 9.90 Å². The van der Waals surface area contributed by atoms with Gasteiger partial charge in [-0.2, -0.15) is 0 Å². The predicted octanol–water partition coefficient (Wildman–Crippen LogP) is 1.60. The Bertz CT molecular complexity index is 367. The van der Waals surface area contributed by atoms with Crippen LogP contribution in [0.25, 0.3) is 0 Å². The van der Waals surface area contributed by atoms with Crippen LogP contribution in [0.2, 0.25) is 0 Å². The Morgan fingerprint density at radius 2 is 2.11 bits per heavy atom. The number of unbranched alkanes of at least 4 members (excludes halogenated alkanes) is 3. The lowest BCUT2D eigenvalue weighted by Gasteiger charge is -2.06. The number of aromatic nitrogens is 1. The topological polar surface area (TPSA) is 62.2 Å². The molecule has 0 saturated carbocycles. The first-order valence-corrected chi connectivity index (χ1v) is 6.52. The van der Waals surface area contributed by atoms with Gasteiger partial charge in [0.1, 0.15) is 0 Å². The second-order valence-corrected chi connectivity index (χ2v) is 4.43. The van der Waals surface area contributed by atoms with Crippen LogP contribution >= 0.6 is 0 Å². The number of carbonyl (C=O) groups is 1. The number of rotatable bonds is 8. The molecule has 0 spiro atoms. The maximum Gasteiger partial charge on any atom is 0.226 e. The monoisotopic (exact) mass is 250 g/mol. The van der Waals surface area contributed by atoms with Crippen LogP contribution in [0.3, 0.4) is 0 Å². The lowest BCUT2D eigenvalue weighted by Crippen LogP contribution is -2.26. The summed E-state index contributed by atoms with van der Waals surface area (Å²) < 4.78 is 0. The minimum Gasteiger partial charge on any atom is -0.396 e. The molecule has 0 radical (unpaired) electrons. The highest BCUT2D eigenvalue weighted by Gasteiger charge is 2.05. The van der Waals surface area contributed by atoms with Crippen LogP contribution in [0.1, 0.15) is 36.9 Å². The number of aliphatic hydroxyl groups excluding tert-OH is 1. The van der Waals surface area contributed by atoms with Gasteiger partial charge in [-0.3, -0.25) is 9.78 Å². The Kier molecular flexibility index (Phi) is 7.03. The van der Waals surface area contributed by atoms with Crippen LogP contribution in [0.15, 0.2) is 18.3 Å². The SMILES string of the molecule is Cc1cccnc1CC(=O)NCCCCCCO. The first kappa shape index (κ1) is 14.6. The van der Waals surface area contributed by atoms with E-state index in [2.05, 4.69) is 10.3 Å². The second-order valence-electron chi connectivity index (χ2n) is 4.43. The fraction of sp³-hybridized carbons (Fsp3) is 0.571. The summed E-state index contributed by atoms with van der Waals surface area (Å²) in [6.45, 7) is 2.92. The predicted molar refractivity (Wildman–Crippen MR) is 71.2 cm³/mol. The maximum atomic E-state index is 11.7. The molecule has 2 N–H and O–H groups in total. The van der Waals surface area contributed by atoms with Crippen molar-refractivity contribution in [1.82, 2.24) is 10.3 Å². The van der Waals surface area contributed by atoms with Crippen molar-refractivity contribution in [3.63, 3.8) is 0 Å². The van der Waals surface area contributed by atoms with Crippen molar-refractivity contribution in [2.24, 2.45) is 0 Å². The average molecular weight is 250 g/mol. The van der Waals surface area contributed by atoms with Gasteiger partial charge >= 0.3 is 0 Å². The molecule has 0 aliphatic rings. The van der Waals surface area contributed by atoms with Crippen molar-refractivity contribution in [2.45, 2.75) is 39.0 Å². The second kappa shape index (κ2) is 8.64. The van der Waals surface area contributed by atoms with E-state index in [-0.39, 0.29) is 12.5 Å². The molecule has 1 rings (SSSR count). The van der Waals surface area contributed by atoms with Gasteiger partial charge in [-0.1, -0.05) is 18.9 Å². The normalized spacial score (nSPS) is 10.3. The van der Waals surface area contributed by atoms with Crippen LogP contribution < -0.4 is 5.32 Å². The number of aliphatic hydroxyl groups is 1. The highest BCUT2D eigenvalue weighted by Crippen LogP contribution is 2.04. The Labute approximate surface area is 108 Å². The van der Waals surface area contributed by atoms with E-state index in [4.69, 9.17) is 5.11 Å². The molecule has 4 nitrogen and oxygen atoms in total. The summed E-state index contributed by atoms with van der Waals surface area (Å²) in [5.74, 6) is 0.0268. The Balaban J connectivity index is 2.16. The Morgan fingerprint density at radius 1 is 1.33 bits per heavy atom. The van der Waals surface area contributed by atoms with E-state index in [9.17, 15) is 4.79 Å². The van der Waals surface area contributed by atoms with Crippen LogP contribution in [0.4, 0.5) is 0 Å². The quantitative estimate of drug-likeness (QED) is 0.689. The standard InChI is InChI=1S/C14H22N2O2/c1-12-7-6-9-15-13(12)11-14(18)16-8-4-2-3-5-10-17/h6-7,9,17H,2-5,8,10-11H2,1H3,(H,16,18). The summed E-state index contributed by atoms with van der Waals surface area (Å²) in [7, 11) is 0. The van der Waals surface area contributed by atoms with E-state index in [0.717, 1.165) is 36.9 Å². The van der Waals surface area contributed by atoms with Gasteiger partial charge < -0.3 is 10.4 Å². The number of hydrogen-bond acceptors (Lipinski definition) is 3. The van der Waals surface area contributed by atoms with Gasteiger partial charge in [0.05, 0.1) is 12.1 Å². The highest BCUT2D eigenvalue weighted by atomic mass is 16.2. The van der Waals surface area contributed by atoms with Crippen molar-refractivity contribution in [2.75, 3.05) is 13.2 Å². The van der Waals surface area contributed by atoms with E-state index in [1.54, 1.807) is 6.20 Å². The Hall–Kier alpha value is -1.42. The molecule has 4 heteroatoms. The van der Waals surface area contributed by atoms with Crippen molar-refractivity contribution in [3.8, 4) is 0 Å². The molecule has 100 valence electrons. The summed E-state index contributed by atoms with van der Waals surface area (Å²) in [5, 5.41) is 11.5. The molecule has 0 aliphatic carbocycles. The first-order valence-electron chi connectivity index (χ1n) is 6.52. The molecule has 1 heterocycles. The van der Waals surface area contributed by atoms with Gasteiger partial charge in [0.25, 0.3) is 0 Å². The van der Waals surface area contributed by atoms with Gasteiger partial charge in [-0.15, -0.1) is 0 Å². The van der Waals surface area contributed by atoms with Crippen molar-refractivity contribution in [3.05, 3.63) is 29.6 Å². The summed E-state index contributed by atoms with van der Waals surface area (Å²) in [6, 6.07) is 3.84. The molecule has 0 aliphatic heterocycles. The summed E-state index contributed by atoms with van der Waals surface area (Å²) >= 11 is 0. The molecule has 1 aromatic heterocycles. The van der Waals surface area contributed by atoms with Crippen LogP contribution in [0, 0.1) is 6.92 Å². The summed E-state index contributed by atoms with van der Waals surface area (Å²) in [4.78, 5) is 15.9. The van der Waals surface area contributed by atoms with E-state index >= 15 is 0 Å². The third-order valence-electron chi connectivity index (χ3n) is 2.85. The number of nitrogens with one attached hydrogen (secondary N) is 1. The number of hydrogen-bond donors (Lipinski definition) is 2. The lowest BCUT2D eigenvalue weighted by atomic mass is 10.1. The number of pyridine rings is 1. The molecule has 0 saturated heterocycles. The van der Waals surface area contributed by atoms with Crippen molar-refractivity contribution >= 4 is 5.91 Å². The zero-order chi connectivity index (χ0) is 13.2. The molecule has 1 aromatic rings. The van der Waals surface area contributed by atoms with Gasteiger partial charge in [-0.05, 0) is 31.4 Å². The van der Waals surface area contributed by atoms with Crippen molar-refractivity contribution in [1.29, 1.82) is 0 Å². The van der Waals surface area contributed by atoms with E-state index in [0.29, 0.717) is 13.0 Å². The molecular formula is C14H22N2O2. The molecule has 18 heavy (non-hydrogen) atoms. The summed E-state index contributed by atoms with van der Waals surface area (Å²) in [6.07, 6.45) is 5.94. The molecule has 0 atom stereocenters. The smallest absolute Gasteiger partial charge is 0.226 e. The van der Waals surface area contributed by atoms with Crippen LogP contribution in [0.5, 0.6) is 0 Å². The fourth-order valence-corrected chi connectivity index (χ4v) is 1.74. The molecular weight excluding hydrogens is 228 g/mol. The Morgan fingerprint density at radius 3 is 2.83 bits per heavy atom. The minimum atomic E-state index is 0.0268. The number of nitrogens with zero attached hydrogens (tertiary/aromatic N) is 1.